The quantitative estimate of drug-likeness (QED) is 0.594. The van der Waals surface area contributed by atoms with E-state index in [0.717, 1.165) is 11.1 Å². The predicted molar refractivity (Wildman–Crippen MR) is 39.6 cm³/mol. The molecule has 2 aromatic heterocycles. The molecule has 0 unspecified atom stereocenters. The molecule has 2 heterocycles. The van der Waals surface area contributed by atoms with Crippen LogP contribution in [-0.2, 0) is 7.05 Å². The van der Waals surface area contributed by atoms with Crippen molar-refractivity contribution >= 4 is 16.8 Å². The fraction of sp³-hybridized carbons (Fsp3) is 0.143. The predicted octanol–water partition coefficient (Wildman–Crippen LogP) is 1.35. The van der Waals surface area contributed by atoms with Gasteiger partial charge in [0.25, 0.3) is 0 Å². The molecular weight excluding hydrogens is 128 g/mol. The minimum absolute atomic E-state index is 0.697. The lowest BCUT2D eigenvalue weighted by Gasteiger charge is -1.89. The SMILES string of the molecule is Cn1ccc2occ(N)c21. The molecule has 0 spiro atoms. The normalized spacial score (nSPS) is 10.9. The van der Waals surface area contributed by atoms with Crippen molar-refractivity contribution in [1.82, 2.24) is 4.57 Å². The van der Waals surface area contributed by atoms with E-state index in [1.807, 2.05) is 23.9 Å². The van der Waals surface area contributed by atoms with Gasteiger partial charge in [0.15, 0.2) is 5.58 Å². The first-order valence-corrected chi connectivity index (χ1v) is 3.07. The van der Waals surface area contributed by atoms with Gasteiger partial charge in [-0.15, -0.1) is 0 Å². The maximum atomic E-state index is 5.61. The van der Waals surface area contributed by atoms with E-state index >= 15 is 0 Å². The molecule has 0 amide bonds. The number of hydrogen-bond donors (Lipinski definition) is 1. The van der Waals surface area contributed by atoms with E-state index in [1.165, 1.54) is 0 Å². The fourth-order valence-corrected chi connectivity index (χ4v) is 1.13. The van der Waals surface area contributed by atoms with Crippen molar-refractivity contribution in [2.24, 2.45) is 7.05 Å². The zero-order valence-corrected chi connectivity index (χ0v) is 5.66. The lowest BCUT2D eigenvalue weighted by Crippen LogP contribution is -1.87. The molecule has 0 saturated carbocycles. The fourth-order valence-electron chi connectivity index (χ4n) is 1.13. The first-order chi connectivity index (χ1) is 4.79. The number of aryl methyl sites for hydroxylation is 1. The molecule has 10 heavy (non-hydrogen) atoms. The summed E-state index contributed by atoms with van der Waals surface area (Å²) in [6.07, 6.45) is 3.48. The van der Waals surface area contributed by atoms with Crippen LogP contribution < -0.4 is 5.73 Å². The van der Waals surface area contributed by atoms with Crippen LogP contribution in [0.4, 0.5) is 5.69 Å². The topological polar surface area (TPSA) is 44.1 Å². The van der Waals surface area contributed by atoms with Crippen molar-refractivity contribution in [2.75, 3.05) is 5.73 Å². The molecule has 2 aromatic rings. The van der Waals surface area contributed by atoms with Gasteiger partial charge in [-0.05, 0) is 6.07 Å². The van der Waals surface area contributed by atoms with E-state index in [4.69, 9.17) is 10.2 Å². The molecule has 0 radical (unpaired) electrons. The summed E-state index contributed by atoms with van der Waals surface area (Å²) in [5.41, 5.74) is 8.12. The van der Waals surface area contributed by atoms with Crippen molar-refractivity contribution in [3.63, 3.8) is 0 Å². The van der Waals surface area contributed by atoms with Gasteiger partial charge in [0, 0.05) is 13.2 Å². The molecule has 52 valence electrons. The molecule has 0 fully saturated rings. The summed E-state index contributed by atoms with van der Waals surface area (Å²) in [7, 11) is 1.94. The number of furan rings is 1. The maximum absolute atomic E-state index is 5.61. The third-order valence-corrected chi connectivity index (χ3v) is 1.62. The lowest BCUT2D eigenvalue weighted by atomic mass is 10.4. The van der Waals surface area contributed by atoms with Crippen molar-refractivity contribution in [2.45, 2.75) is 0 Å². The highest BCUT2D eigenvalue weighted by atomic mass is 16.3. The van der Waals surface area contributed by atoms with E-state index in [-0.39, 0.29) is 0 Å². The van der Waals surface area contributed by atoms with Gasteiger partial charge in [0.2, 0.25) is 0 Å². The summed E-state index contributed by atoms with van der Waals surface area (Å²) < 4.78 is 7.06. The van der Waals surface area contributed by atoms with Crippen molar-refractivity contribution in [3.05, 3.63) is 18.5 Å². The standard InChI is InChI=1S/C7H8N2O/c1-9-3-2-6-7(9)5(8)4-10-6/h2-4H,8H2,1H3. The molecule has 0 aromatic carbocycles. The summed E-state index contributed by atoms with van der Waals surface area (Å²) >= 11 is 0. The Kier molecular flexibility index (Phi) is 0.845. The Hall–Kier alpha value is -1.38. The summed E-state index contributed by atoms with van der Waals surface area (Å²) in [4.78, 5) is 0. The minimum Gasteiger partial charge on any atom is -0.460 e. The van der Waals surface area contributed by atoms with Crippen LogP contribution in [0.1, 0.15) is 0 Å². The van der Waals surface area contributed by atoms with Crippen molar-refractivity contribution < 1.29 is 4.42 Å². The smallest absolute Gasteiger partial charge is 0.153 e. The van der Waals surface area contributed by atoms with Gasteiger partial charge in [0.1, 0.15) is 11.8 Å². The van der Waals surface area contributed by atoms with Gasteiger partial charge in [-0.2, -0.15) is 0 Å². The van der Waals surface area contributed by atoms with Crippen LogP contribution in [0.3, 0.4) is 0 Å². The number of anilines is 1. The minimum atomic E-state index is 0.697. The molecule has 2 N–H and O–H groups in total. The Morgan fingerprint density at radius 3 is 3.10 bits per heavy atom. The Morgan fingerprint density at radius 2 is 2.40 bits per heavy atom. The number of nitrogens with two attached hydrogens (primary N) is 1. The summed E-state index contributed by atoms with van der Waals surface area (Å²) in [6, 6.07) is 1.89. The first kappa shape index (κ1) is 5.41. The van der Waals surface area contributed by atoms with E-state index in [9.17, 15) is 0 Å². The Morgan fingerprint density at radius 1 is 1.60 bits per heavy atom. The average molecular weight is 136 g/mol. The van der Waals surface area contributed by atoms with E-state index in [0.29, 0.717) is 5.69 Å². The Balaban J connectivity index is 2.98. The van der Waals surface area contributed by atoms with E-state index in [2.05, 4.69) is 0 Å². The zero-order chi connectivity index (χ0) is 7.14. The summed E-state index contributed by atoms with van der Waals surface area (Å²) in [6.45, 7) is 0. The number of aromatic nitrogens is 1. The van der Waals surface area contributed by atoms with Crippen LogP contribution in [0.25, 0.3) is 11.1 Å². The second kappa shape index (κ2) is 1.56. The second-order valence-corrected chi connectivity index (χ2v) is 2.33. The van der Waals surface area contributed by atoms with Crippen LogP contribution in [0.2, 0.25) is 0 Å². The third kappa shape index (κ3) is 0.492. The van der Waals surface area contributed by atoms with Gasteiger partial charge in [-0.1, -0.05) is 0 Å². The number of rotatable bonds is 0. The van der Waals surface area contributed by atoms with E-state index in [1.54, 1.807) is 6.26 Å². The number of hydrogen-bond acceptors (Lipinski definition) is 2. The van der Waals surface area contributed by atoms with Gasteiger partial charge in [-0.25, -0.2) is 0 Å². The van der Waals surface area contributed by atoms with Gasteiger partial charge in [0.05, 0.1) is 5.69 Å². The van der Waals surface area contributed by atoms with Crippen LogP contribution in [0.15, 0.2) is 22.9 Å². The molecule has 0 saturated heterocycles. The van der Waals surface area contributed by atoms with Crippen LogP contribution in [0, 0.1) is 0 Å². The molecule has 0 atom stereocenters. The van der Waals surface area contributed by atoms with Gasteiger partial charge in [-0.3, -0.25) is 0 Å². The monoisotopic (exact) mass is 136 g/mol. The molecule has 0 aliphatic rings. The highest BCUT2D eigenvalue weighted by molar-refractivity contribution is 5.86. The maximum Gasteiger partial charge on any atom is 0.153 e. The number of nitrogens with zero attached hydrogens (tertiary/aromatic N) is 1. The van der Waals surface area contributed by atoms with Crippen LogP contribution in [-0.4, -0.2) is 4.57 Å². The number of fused-ring (bicyclic) bond motifs is 1. The molecule has 2 rings (SSSR count). The Labute approximate surface area is 58.0 Å². The van der Waals surface area contributed by atoms with Crippen molar-refractivity contribution in [3.8, 4) is 0 Å². The van der Waals surface area contributed by atoms with E-state index < -0.39 is 0 Å². The molecule has 0 bridgehead atoms. The summed E-state index contributed by atoms with van der Waals surface area (Å²) in [5.74, 6) is 0. The highest BCUT2D eigenvalue weighted by Gasteiger charge is 2.04. The third-order valence-electron chi connectivity index (χ3n) is 1.62. The van der Waals surface area contributed by atoms with Crippen LogP contribution in [0.5, 0.6) is 0 Å². The van der Waals surface area contributed by atoms with Gasteiger partial charge >= 0.3 is 0 Å². The largest absolute Gasteiger partial charge is 0.460 e. The molecule has 3 nitrogen and oxygen atoms in total. The lowest BCUT2D eigenvalue weighted by molar-refractivity contribution is 0.618. The van der Waals surface area contributed by atoms with Gasteiger partial charge < -0.3 is 14.7 Å². The Bertz CT molecular complexity index is 327. The molecule has 0 aliphatic heterocycles. The number of nitrogen functional groups attached to an aromatic ring is 1. The molecular formula is C7H8N2O. The van der Waals surface area contributed by atoms with Crippen LogP contribution >= 0.6 is 0 Å². The molecule has 3 heteroatoms. The second-order valence-electron chi connectivity index (χ2n) is 2.33. The zero-order valence-electron chi connectivity index (χ0n) is 5.66. The highest BCUT2D eigenvalue weighted by Crippen LogP contribution is 2.22. The first-order valence-electron chi connectivity index (χ1n) is 3.07. The van der Waals surface area contributed by atoms with Crippen molar-refractivity contribution in [1.29, 1.82) is 0 Å². The molecule has 0 aliphatic carbocycles. The summed E-state index contributed by atoms with van der Waals surface area (Å²) in [5, 5.41) is 0. The average Bonchev–Trinajstić information content (AvgIpc) is 2.40.